The Labute approximate surface area is 116 Å². The summed E-state index contributed by atoms with van der Waals surface area (Å²) in [4.78, 5) is 5.81. The van der Waals surface area contributed by atoms with Gasteiger partial charge >= 0.3 is 0 Å². The third-order valence-corrected chi connectivity index (χ3v) is 4.43. The van der Waals surface area contributed by atoms with Gasteiger partial charge in [0, 0.05) is 29.0 Å². The number of fused-ring (bicyclic) bond motifs is 1. The van der Waals surface area contributed by atoms with Crippen LogP contribution in [0.4, 0.5) is 0 Å². The van der Waals surface area contributed by atoms with Crippen LogP contribution < -0.4 is 5.32 Å². The van der Waals surface area contributed by atoms with Crippen molar-refractivity contribution in [3.8, 4) is 0 Å². The quantitative estimate of drug-likeness (QED) is 0.789. The molecule has 1 atom stereocenters. The van der Waals surface area contributed by atoms with Gasteiger partial charge in [-0.1, -0.05) is 25.1 Å². The topological polar surface area (TPSA) is 29.9 Å². The Balaban J connectivity index is 2.07. The summed E-state index contributed by atoms with van der Waals surface area (Å²) in [7, 11) is 2.04. The lowest BCUT2D eigenvalue weighted by molar-refractivity contribution is 0.585. The number of hydrogen-bond donors (Lipinski definition) is 1. The van der Waals surface area contributed by atoms with Crippen molar-refractivity contribution in [1.82, 2.24) is 14.9 Å². The molecule has 0 saturated carbocycles. The van der Waals surface area contributed by atoms with E-state index in [1.807, 2.05) is 30.8 Å². The van der Waals surface area contributed by atoms with Crippen LogP contribution in [0.3, 0.4) is 0 Å². The molecule has 3 rings (SSSR count). The van der Waals surface area contributed by atoms with Crippen LogP contribution in [0.2, 0.25) is 0 Å². The highest BCUT2D eigenvalue weighted by molar-refractivity contribution is 7.19. The number of nitrogens with zero attached hydrogens (tertiary/aromatic N) is 2. The second-order valence-electron chi connectivity index (χ2n) is 4.57. The zero-order chi connectivity index (χ0) is 13.2. The van der Waals surface area contributed by atoms with Gasteiger partial charge < -0.3 is 9.88 Å². The maximum absolute atomic E-state index is 4.49. The van der Waals surface area contributed by atoms with Crippen LogP contribution in [-0.4, -0.2) is 16.1 Å². The Kier molecular flexibility index (Phi) is 3.36. The summed E-state index contributed by atoms with van der Waals surface area (Å²) in [5.74, 6) is 1.06. The minimum Gasteiger partial charge on any atom is -0.336 e. The summed E-state index contributed by atoms with van der Waals surface area (Å²) in [5, 5.41) is 4.84. The summed E-state index contributed by atoms with van der Waals surface area (Å²) < 4.78 is 3.41. The van der Waals surface area contributed by atoms with Crippen LogP contribution >= 0.6 is 11.3 Å². The molecule has 3 nitrogen and oxygen atoms in total. The Morgan fingerprint density at radius 3 is 2.89 bits per heavy atom. The molecule has 0 aliphatic carbocycles. The monoisotopic (exact) mass is 271 g/mol. The maximum Gasteiger partial charge on any atom is 0.131 e. The van der Waals surface area contributed by atoms with E-state index in [1.165, 1.54) is 15.0 Å². The molecule has 2 aromatic heterocycles. The van der Waals surface area contributed by atoms with Crippen molar-refractivity contribution < 1.29 is 0 Å². The van der Waals surface area contributed by atoms with Crippen molar-refractivity contribution in [2.75, 3.05) is 6.54 Å². The highest BCUT2D eigenvalue weighted by atomic mass is 32.1. The van der Waals surface area contributed by atoms with E-state index in [2.05, 4.69) is 52.1 Å². The zero-order valence-corrected chi connectivity index (χ0v) is 11.9. The van der Waals surface area contributed by atoms with E-state index in [1.54, 1.807) is 0 Å². The van der Waals surface area contributed by atoms with Crippen molar-refractivity contribution in [3.05, 3.63) is 53.4 Å². The van der Waals surface area contributed by atoms with Gasteiger partial charge in [-0.15, -0.1) is 11.3 Å². The van der Waals surface area contributed by atoms with Gasteiger partial charge in [0.2, 0.25) is 0 Å². The van der Waals surface area contributed by atoms with E-state index >= 15 is 0 Å². The molecule has 98 valence electrons. The average Bonchev–Trinajstić information content (AvgIpc) is 3.02. The number of imidazole rings is 1. The number of rotatable bonds is 4. The zero-order valence-electron chi connectivity index (χ0n) is 11.1. The first-order valence-electron chi connectivity index (χ1n) is 6.48. The van der Waals surface area contributed by atoms with Crippen LogP contribution in [0.15, 0.2) is 42.7 Å². The van der Waals surface area contributed by atoms with Gasteiger partial charge in [0.25, 0.3) is 0 Å². The molecule has 0 radical (unpaired) electrons. The van der Waals surface area contributed by atoms with E-state index in [0.29, 0.717) is 0 Å². The second kappa shape index (κ2) is 5.15. The standard InChI is InChI=1S/C15H17N3S/c1-3-16-14(15-17-8-9-18(15)2)13-10-11-6-4-5-7-12(11)19-13/h4-10,14,16H,3H2,1-2H3. The fourth-order valence-corrected chi connectivity index (χ4v) is 3.46. The third kappa shape index (κ3) is 2.29. The van der Waals surface area contributed by atoms with Gasteiger partial charge in [-0.3, -0.25) is 0 Å². The van der Waals surface area contributed by atoms with Crippen molar-refractivity contribution >= 4 is 21.4 Å². The van der Waals surface area contributed by atoms with E-state index < -0.39 is 0 Å². The SMILES string of the molecule is CCNC(c1cc2ccccc2s1)c1nccn1C. The van der Waals surface area contributed by atoms with Crippen molar-refractivity contribution in [2.24, 2.45) is 7.05 Å². The van der Waals surface area contributed by atoms with Gasteiger partial charge in [-0.25, -0.2) is 4.98 Å². The van der Waals surface area contributed by atoms with Gasteiger partial charge in [0.05, 0.1) is 0 Å². The van der Waals surface area contributed by atoms with E-state index in [9.17, 15) is 0 Å². The van der Waals surface area contributed by atoms with E-state index in [4.69, 9.17) is 0 Å². The summed E-state index contributed by atoms with van der Waals surface area (Å²) in [6, 6.07) is 10.9. The summed E-state index contributed by atoms with van der Waals surface area (Å²) in [6.07, 6.45) is 3.85. The number of aryl methyl sites for hydroxylation is 1. The smallest absolute Gasteiger partial charge is 0.131 e. The molecule has 0 fully saturated rings. The van der Waals surface area contributed by atoms with E-state index in [0.717, 1.165) is 12.4 Å². The highest BCUT2D eigenvalue weighted by Gasteiger charge is 2.19. The number of nitrogens with one attached hydrogen (secondary N) is 1. The van der Waals surface area contributed by atoms with Crippen LogP contribution in [0.1, 0.15) is 23.7 Å². The largest absolute Gasteiger partial charge is 0.336 e. The predicted molar refractivity (Wildman–Crippen MR) is 80.6 cm³/mol. The molecule has 3 aromatic rings. The molecule has 4 heteroatoms. The van der Waals surface area contributed by atoms with E-state index in [-0.39, 0.29) is 6.04 Å². The molecule has 0 saturated heterocycles. The fourth-order valence-electron chi connectivity index (χ4n) is 2.32. The first-order chi connectivity index (χ1) is 9.29. The molecular formula is C15H17N3S. The third-order valence-electron chi connectivity index (χ3n) is 3.25. The number of aromatic nitrogens is 2. The number of thiophene rings is 1. The Bertz CT molecular complexity index is 650. The summed E-state index contributed by atoms with van der Waals surface area (Å²) in [6.45, 7) is 3.05. The molecule has 0 aliphatic rings. The predicted octanol–water partition coefficient (Wildman–Crippen LogP) is 3.33. The molecule has 1 aromatic carbocycles. The van der Waals surface area contributed by atoms with Crippen LogP contribution in [0, 0.1) is 0 Å². The minimum atomic E-state index is 0.169. The van der Waals surface area contributed by atoms with Crippen molar-refractivity contribution in [3.63, 3.8) is 0 Å². The Morgan fingerprint density at radius 1 is 1.37 bits per heavy atom. The average molecular weight is 271 g/mol. The van der Waals surface area contributed by atoms with Gasteiger partial charge in [0.15, 0.2) is 0 Å². The van der Waals surface area contributed by atoms with Crippen LogP contribution in [0.25, 0.3) is 10.1 Å². The second-order valence-corrected chi connectivity index (χ2v) is 5.69. The molecule has 19 heavy (non-hydrogen) atoms. The molecule has 0 aliphatic heterocycles. The van der Waals surface area contributed by atoms with Crippen LogP contribution in [0.5, 0.6) is 0 Å². The molecule has 1 unspecified atom stereocenters. The van der Waals surface area contributed by atoms with Crippen molar-refractivity contribution in [1.29, 1.82) is 0 Å². The molecule has 2 heterocycles. The highest BCUT2D eigenvalue weighted by Crippen LogP contribution is 2.32. The first kappa shape index (κ1) is 12.4. The lowest BCUT2D eigenvalue weighted by Crippen LogP contribution is -2.23. The Hall–Kier alpha value is -1.65. The van der Waals surface area contributed by atoms with Gasteiger partial charge in [-0.05, 0) is 24.1 Å². The minimum absolute atomic E-state index is 0.169. The lowest BCUT2D eigenvalue weighted by atomic mass is 10.2. The molecule has 0 amide bonds. The number of hydrogen-bond acceptors (Lipinski definition) is 3. The fraction of sp³-hybridized carbons (Fsp3) is 0.267. The number of benzene rings is 1. The van der Waals surface area contributed by atoms with Crippen molar-refractivity contribution in [2.45, 2.75) is 13.0 Å². The Morgan fingerprint density at radius 2 is 2.21 bits per heavy atom. The lowest BCUT2D eigenvalue weighted by Gasteiger charge is -2.15. The molecule has 0 bridgehead atoms. The summed E-state index contributed by atoms with van der Waals surface area (Å²) in [5.41, 5.74) is 0. The normalized spacial score (nSPS) is 12.9. The maximum atomic E-state index is 4.49. The summed E-state index contributed by atoms with van der Waals surface area (Å²) >= 11 is 1.84. The van der Waals surface area contributed by atoms with Gasteiger partial charge in [0.1, 0.15) is 11.9 Å². The molecule has 1 N–H and O–H groups in total. The molecule has 0 spiro atoms. The van der Waals surface area contributed by atoms with Gasteiger partial charge in [-0.2, -0.15) is 0 Å². The molecular weight excluding hydrogens is 254 g/mol. The van der Waals surface area contributed by atoms with Crippen LogP contribution in [-0.2, 0) is 7.05 Å². The first-order valence-corrected chi connectivity index (χ1v) is 7.30.